The molecule has 2 atom stereocenters. The standard InChI is InChI=1S/C11H16O6/c1-11(15)5-6(4-7(12)13)8(14)9(16-2)10(11)17-3/h5,10,14-15H,4H2,1-3H3,(H,12,13). The highest BCUT2D eigenvalue weighted by molar-refractivity contribution is 5.72. The minimum Gasteiger partial charge on any atom is -0.504 e. The molecule has 0 saturated heterocycles. The molecular formula is C11H16O6. The van der Waals surface area contributed by atoms with Gasteiger partial charge >= 0.3 is 5.97 Å². The summed E-state index contributed by atoms with van der Waals surface area (Å²) < 4.78 is 10.0. The van der Waals surface area contributed by atoms with E-state index >= 15 is 0 Å². The van der Waals surface area contributed by atoms with Crippen LogP contribution in [-0.2, 0) is 14.3 Å². The van der Waals surface area contributed by atoms with Crippen molar-refractivity contribution >= 4 is 5.97 Å². The number of hydrogen-bond donors (Lipinski definition) is 3. The summed E-state index contributed by atoms with van der Waals surface area (Å²) in [5.74, 6) is -1.38. The van der Waals surface area contributed by atoms with Crippen LogP contribution in [0.3, 0.4) is 0 Å². The Kier molecular flexibility index (Phi) is 3.79. The summed E-state index contributed by atoms with van der Waals surface area (Å²) in [5.41, 5.74) is -1.33. The van der Waals surface area contributed by atoms with Gasteiger partial charge in [-0.15, -0.1) is 0 Å². The van der Waals surface area contributed by atoms with Gasteiger partial charge in [0.15, 0.2) is 11.5 Å². The van der Waals surface area contributed by atoms with Gasteiger partial charge in [-0.25, -0.2) is 0 Å². The molecule has 0 amide bonds. The van der Waals surface area contributed by atoms with Crippen molar-refractivity contribution in [2.24, 2.45) is 0 Å². The maximum absolute atomic E-state index is 10.6. The largest absolute Gasteiger partial charge is 0.504 e. The molecule has 17 heavy (non-hydrogen) atoms. The molecule has 0 aromatic carbocycles. The molecule has 0 heterocycles. The van der Waals surface area contributed by atoms with Gasteiger partial charge in [0.25, 0.3) is 0 Å². The molecule has 6 heteroatoms. The lowest BCUT2D eigenvalue weighted by molar-refractivity contribution is -0.136. The van der Waals surface area contributed by atoms with Crippen molar-refractivity contribution in [3.8, 4) is 0 Å². The molecule has 1 aliphatic rings. The lowest BCUT2D eigenvalue weighted by Crippen LogP contribution is -2.44. The zero-order valence-corrected chi connectivity index (χ0v) is 9.93. The number of aliphatic hydroxyl groups is 2. The molecule has 96 valence electrons. The minimum absolute atomic E-state index is 0.0243. The number of aliphatic carboxylic acids is 1. The molecule has 0 aliphatic heterocycles. The highest BCUT2D eigenvalue weighted by atomic mass is 16.5. The molecule has 1 aliphatic carbocycles. The van der Waals surface area contributed by atoms with E-state index < -0.39 is 24.1 Å². The molecule has 0 saturated carbocycles. The lowest BCUT2D eigenvalue weighted by atomic mass is 9.87. The van der Waals surface area contributed by atoms with Crippen LogP contribution >= 0.6 is 0 Å². The first-order chi connectivity index (χ1) is 7.83. The fourth-order valence-electron chi connectivity index (χ4n) is 1.89. The van der Waals surface area contributed by atoms with E-state index in [4.69, 9.17) is 14.6 Å². The molecule has 0 aromatic rings. The molecule has 2 unspecified atom stereocenters. The normalized spacial score (nSPS) is 28.9. The van der Waals surface area contributed by atoms with Gasteiger partial charge < -0.3 is 24.8 Å². The fourth-order valence-corrected chi connectivity index (χ4v) is 1.89. The number of methoxy groups -OCH3 is 2. The van der Waals surface area contributed by atoms with E-state index in [0.717, 1.165) is 0 Å². The van der Waals surface area contributed by atoms with Gasteiger partial charge in [0.05, 0.1) is 13.5 Å². The summed E-state index contributed by atoms with van der Waals surface area (Å²) in [6.07, 6.45) is 0.00310. The van der Waals surface area contributed by atoms with Crippen LogP contribution in [0.2, 0.25) is 0 Å². The second-order valence-electron chi connectivity index (χ2n) is 4.00. The Balaban J connectivity index is 3.20. The molecule has 3 N–H and O–H groups in total. The van der Waals surface area contributed by atoms with Crippen molar-refractivity contribution in [1.29, 1.82) is 0 Å². The van der Waals surface area contributed by atoms with E-state index in [0.29, 0.717) is 0 Å². The van der Waals surface area contributed by atoms with Crippen molar-refractivity contribution in [1.82, 2.24) is 0 Å². The van der Waals surface area contributed by atoms with E-state index in [1.807, 2.05) is 0 Å². The molecule has 0 aromatic heterocycles. The van der Waals surface area contributed by atoms with Crippen molar-refractivity contribution in [3.05, 3.63) is 23.2 Å². The summed E-state index contributed by atoms with van der Waals surface area (Å²) in [7, 11) is 2.68. The SMILES string of the molecule is COC1=C(O)C(CC(=O)O)=CC(C)(O)C1OC. The second kappa shape index (κ2) is 4.77. The Labute approximate surface area is 98.8 Å². The van der Waals surface area contributed by atoms with Crippen molar-refractivity contribution < 1.29 is 29.6 Å². The number of allylic oxidation sites excluding steroid dienone is 1. The van der Waals surface area contributed by atoms with Crippen LogP contribution in [0.1, 0.15) is 13.3 Å². The van der Waals surface area contributed by atoms with Gasteiger partial charge in [-0.2, -0.15) is 0 Å². The fraction of sp³-hybridized carbons (Fsp3) is 0.545. The predicted octanol–water partition coefficient (Wildman–Crippen LogP) is 0.583. The van der Waals surface area contributed by atoms with Gasteiger partial charge in [-0.05, 0) is 13.0 Å². The number of hydrogen-bond acceptors (Lipinski definition) is 5. The van der Waals surface area contributed by atoms with E-state index in [1.54, 1.807) is 0 Å². The molecule has 0 fully saturated rings. The van der Waals surface area contributed by atoms with Crippen molar-refractivity contribution in [3.63, 3.8) is 0 Å². The number of aliphatic hydroxyl groups excluding tert-OH is 1. The zero-order chi connectivity index (χ0) is 13.2. The summed E-state index contributed by atoms with van der Waals surface area (Å²) >= 11 is 0. The average molecular weight is 244 g/mol. The first kappa shape index (κ1) is 13.5. The van der Waals surface area contributed by atoms with E-state index in [2.05, 4.69) is 0 Å². The summed E-state index contributed by atoms with van der Waals surface area (Å²) in [6.45, 7) is 1.45. The molecule has 0 bridgehead atoms. The third kappa shape index (κ3) is 2.59. The molecular weight excluding hydrogens is 228 g/mol. The van der Waals surface area contributed by atoms with Crippen LogP contribution in [-0.4, -0.2) is 47.2 Å². The minimum atomic E-state index is -1.43. The van der Waals surface area contributed by atoms with Crippen LogP contribution in [0, 0.1) is 0 Å². The molecule has 0 radical (unpaired) electrons. The number of rotatable bonds is 4. The third-order valence-corrected chi connectivity index (χ3v) is 2.57. The van der Waals surface area contributed by atoms with Crippen LogP contribution < -0.4 is 0 Å². The third-order valence-electron chi connectivity index (χ3n) is 2.57. The van der Waals surface area contributed by atoms with Gasteiger partial charge in [-0.3, -0.25) is 4.79 Å². The topological polar surface area (TPSA) is 96.2 Å². The Bertz CT molecular complexity index is 379. The Morgan fingerprint density at radius 2 is 2.12 bits per heavy atom. The maximum Gasteiger partial charge on any atom is 0.307 e. The number of carboxylic acid groups (broad SMARTS) is 1. The highest BCUT2D eigenvalue weighted by Crippen LogP contribution is 2.34. The predicted molar refractivity (Wildman–Crippen MR) is 58.4 cm³/mol. The summed E-state index contributed by atoms with van der Waals surface area (Å²) in [6, 6.07) is 0. The first-order valence-electron chi connectivity index (χ1n) is 4.99. The lowest BCUT2D eigenvalue weighted by Gasteiger charge is -2.34. The monoisotopic (exact) mass is 244 g/mol. The Morgan fingerprint density at radius 3 is 2.53 bits per heavy atom. The van der Waals surface area contributed by atoms with Crippen LogP contribution in [0.25, 0.3) is 0 Å². The van der Waals surface area contributed by atoms with Crippen molar-refractivity contribution in [2.45, 2.75) is 25.0 Å². The zero-order valence-electron chi connectivity index (χ0n) is 9.93. The average Bonchev–Trinajstić information content (AvgIpc) is 2.21. The molecule has 0 spiro atoms. The summed E-state index contributed by atoms with van der Waals surface area (Å²) in [5, 5.41) is 28.7. The first-order valence-corrected chi connectivity index (χ1v) is 4.99. The number of carboxylic acids is 1. The van der Waals surface area contributed by atoms with Gasteiger partial charge in [-0.1, -0.05) is 0 Å². The van der Waals surface area contributed by atoms with Crippen molar-refractivity contribution in [2.75, 3.05) is 14.2 Å². The van der Waals surface area contributed by atoms with Gasteiger partial charge in [0, 0.05) is 12.7 Å². The van der Waals surface area contributed by atoms with Gasteiger partial charge in [0.1, 0.15) is 11.7 Å². The van der Waals surface area contributed by atoms with Crippen LogP contribution in [0.4, 0.5) is 0 Å². The molecule has 6 nitrogen and oxygen atoms in total. The molecule has 1 rings (SSSR count). The smallest absolute Gasteiger partial charge is 0.307 e. The van der Waals surface area contributed by atoms with E-state index in [1.165, 1.54) is 27.2 Å². The van der Waals surface area contributed by atoms with Crippen LogP contribution in [0.5, 0.6) is 0 Å². The number of carbonyl (C=O) groups is 1. The van der Waals surface area contributed by atoms with Gasteiger partial charge in [0.2, 0.25) is 0 Å². The Hall–Kier alpha value is -1.53. The summed E-state index contributed by atoms with van der Waals surface area (Å²) in [4.78, 5) is 10.6. The quantitative estimate of drug-likeness (QED) is 0.669. The highest BCUT2D eigenvalue weighted by Gasteiger charge is 2.41. The second-order valence-corrected chi connectivity index (χ2v) is 4.00. The maximum atomic E-state index is 10.6. The number of ether oxygens (including phenoxy) is 2. The van der Waals surface area contributed by atoms with E-state index in [9.17, 15) is 15.0 Å². The Morgan fingerprint density at radius 1 is 1.53 bits per heavy atom. The van der Waals surface area contributed by atoms with Crippen LogP contribution in [0.15, 0.2) is 23.2 Å². The van der Waals surface area contributed by atoms with E-state index in [-0.39, 0.29) is 17.1 Å².